The molecule has 1 nitrogen and oxygen atoms in total. The first kappa shape index (κ1) is 11.3. The predicted octanol–water partition coefficient (Wildman–Crippen LogP) is 4.12. The highest BCUT2D eigenvalue weighted by molar-refractivity contribution is 5.66. The van der Waals surface area contributed by atoms with Crippen LogP contribution < -0.4 is 4.74 Å². The average Bonchev–Trinajstić information content (AvgIpc) is 2.71. The second-order valence-electron chi connectivity index (χ2n) is 4.94. The van der Waals surface area contributed by atoms with E-state index in [0.29, 0.717) is 5.75 Å². The Morgan fingerprint density at radius 1 is 1.11 bits per heavy atom. The quantitative estimate of drug-likeness (QED) is 0.730. The highest BCUT2D eigenvalue weighted by Gasteiger charge is 2.23. The van der Waals surface area contributed by atoms with Gasteiger partial charge in [-0.25, -0.2) is 4.39 Å². The molecule has 18 heavy (non-hydrogen) atoms. The van der Waals surface area contributed by atoms with E-state index in [-0.39, 0.29) is 11.9 Å². The van der Waals surface area contributed by atoms with Crippen molar-refractivity contribution in [1.82, 2.24) is 0 Å². The van der Waals surface area contributed by atoms with Gasteiger partial charge in [-0.3, -0.25) is 0 Å². The molecule has 92 valence electrons. The van der Waals surface area contributed by atoms with Crippen molar-refractivity contribution in [2.45, 2.75) is 26.4 Å². The monoisotopic (exact) mass is 242 g/mol. The first-order valence-electron chi connectivity index (χ1n) is 6.19. The Bertz CT molecular complexity index is 587. The number of halogens is 1. The summed E-state index contributed by atoms with van der Waals surface area (Å²) in [7, 11) is 0. The van der Waals surface area contributed by atoms with E-state index in [1.165, 1.54) is 5.56 Å². The SMILES string of the molecule is Cc1ccc(-c2cc(F)c3c(c2)CC(C)O3)cc1. The van der Waals surface area contributed by atoms with Crippen LogP contribution >= 0.6 is 0 Å². The Morgan fingerprint density at radius 2 is 1.83 bits per heavy atom. The van der Waals surface area contributed by atoms with Gasteiger partial charge in [0.1, 0.15) is 6.10 Å². The fourth-order valence-electron chi connectivity index (χ4n) is 2.40. The summed E-state index contributed by atoms with van der Waals surface area (Å²) in [6, 6.07) is 11.7. The van der Waals surface area contributed by atoms with E-state index in [1.54, 1.807) is 6.07 Å². The molecular weight excluding hydrogens is 227 g/mol. The molecule has 0 amide bonds. The standard InChI is InChI=1S/C16H15FO/c1-10-3-5-12(6-4-10)13-8-14-7-11(2)18-16(14)15(17)9-13/h3-6,8-9,11H,7H2,1-2H3. The summed E-state index contributed by atoms with van der Waals surface area (Å²) in [4.78, 5) is 0. The molecule has 0 aliphatic carbocycles. The van der Waals surface area contributed by atoms with Crippen molar-refractivity contribution in [3.05, 3.63) is 53.3 Å². The van der Waals surface area contributed by atoms with Gasteiger partial charge < -0.3 is 4.74 Å². The fourth-order valence-corrected chi connectivity index (χ4v) is 2.40. The van der Waals surface area contributed by atoms with Gasteiger partial charge in [0.15, 0.2) is 11.6 Å². The Morgan fingerprint density at radius 3 is 2.56 bits per heavy atom. The van der Waals surface area contributed by atoms with Crippen LogP contribution in [0.2, 0.25) is 0 Å². The lowest BCUT2D eigenvalue weighted by molar-refractivity contribution is 0.245. The van der Waals surface area contributed by atoms with Crippen LogP contribution in [0.15, 0.2) is 36.4 Å². The van der Waals surface area contributed by atoms with Crippen LogP contribution in [0.25, 0.3) is 11.1 Å². The maximum absolute atomic E-state index is 14.0. The molecule has 2 aromatic rings. The second-order valence-corrected chi connectivity index (χ2v) is 4.94. The molecule has 0 saturated carbocycles. The van der Waals surface area contributed by atoms with Crippen molar-refractivity contribution >= 4 is 0 Å². The van der Waals surface area contributed by atoms with Crippen LogP contribution in [0.3, 0.4) is 0 Å². The summed E-state index contributed by atoms with van der Waals surface area (Å²) in [6.45, 7) is 4.01. The van der Waals surface area contributed by atoms with Gasteiger partial charge in [-0.05, 0) is 37.1 Å². The summed E-state index contributed by atoms with van der Waals surface area (Å²) >= 11 is 0. The molecule has 0 aromatic heterocycles. The van der Waals surface area contributed by atoms with Crippen LogP contribution in [0.4, 0.5) is 4.39 Å². The van der Waals surface area contributed by atoms with Crippen molar-refractivity contribution in [1.29, 1.82) is 0 Å². The molecule has 1 aliphatic rings. The van der Waals surface area contributed by atoms with Crippen molar-refractivity contribution in [3.63, 3.8) is 0 Å². The van der Waals surface area contributed by atoms with Crippen molar-refractivity contribution in [2.75, 3.05) is 0 Å². The summed E-state index contributed by atoms with van der Waals surface area (Å²) in [5.74, 6) is 0.172. The Hall–Kier alpha value is -1.83. The van der Waals surface area contributed by atoms with Crippen LogP contribution in [0.5, 0.6) is 5.75 Å². The number of aryl methyl sites for hydroxylation is 1. The summed E-state index contributed by atoms with van der Waals surface area (Å²) in [5, 5.41) is 0. The van der Waals surface area contributed by atoms with Crippen molar-refractivity contribution < 1.29 is 9.13 Å². The van der Waals surface area contributed by atoms with Crippen LogP contribution in [-0.4, -0.2) is 6.10 Å². The lowest BCUT2D eigenvalue weighted by Gasteiger charge is -2.07. The third-order valence-corrected chi connectivity index (χ3v) is 3.33. The number of rotatable bonds is 1. The molecule has 1 unspecified atom stereocenters. The smallest absolute Gasteiger partial charge is 0.165 e. The lowest BCUT2D eigenvalue weighted by Crippen LogP contribution is -2.05. The molecule has 0 N–H and O–H groups in total. The molecule has 2 heteroatoms. The van der Waals surface area contributed by atoms with E-state index in [1.807, 2.05) is 44.2 Å². The molecule has 0 saturated heterocycles. The highest BCUT2D eigenvalue weighted by Crippen LogP contribution is 2.35. The Labute approximate surface area is 106 Å². The topological polar surface area (TPSA) is 9.23 Å². The number of ether oxygens (including phenoxy) is 1. The summed E-state index contributed by atoms with van der Waals surface area (Å²) < 4.78 is 19.4. The average molecular weight is 242 g/mol. The van der Waals surface area contributed by atoms with Gasteiger partial charge >= 0.3 is 0 Å². The third kappa shape index (κ3) is 1.88. The van der Waals surface area contributed by atoms with E-state index in [2.05, 4.69) is 0 Å². The zero-order chi connectivity index (χ0) is 12.7. The largest absolute Gasteiger partial charge is 0.487 e. The van der Waals surface area contributed by atoms with E-state index >= 15 is 0 Å². The molecule has 1 heterocycles. The molecule has 0 bridgehead atoms. The van der Waals surface area contributed by atoms with Crippen LogP contribution in [0.1, 0.15) is 18.1 Å². The van der Waals surface area contributed by atoms with E-state index < -0.39 is 0 Å². The van der Waals surface area contributed by atoms with E-state index in [9.17, 15) is 4.39 Å². The number of fused-ring (bicyclic) bond motifs is 1. The molecule has 1 aliphatic heterocycles. The fraction of sp³-hybridized carbons (Fsp3) is 0.250. The molecule has 0 radical (unpaired) electrons. The number of hydrogen-bond acceptors (Lipinski definition) is 1. The first-order chi connectivity index (χ1) is 8.63. The summed E-state index contributed by atoms with van der Waals surface area (Å²) in [6.07, 6.45) is 0.856. The minimum Gasteiger partial charge on any atom is -0.487 e. The maximum atomic E-state index is 14.0. The maximum Gasteiger partial charge on any atom is 0.165 e. The predicted molar refractivity (Wildman–Crippen MR) is 70.4 cm³/mol. The number of benzene rings is 2. The van der Waals surface area contributed by atoms with E-state index in [0.717, 1.165) is 23.1 Å². The van der Waals surface area contributed by atoms with Crippen molar-refractivity contribution in [2.24, 2.45) is 0 Å². The first-order valence-corrected chi connectivity index (χ1v) is 6.19. The molecule has 1 atom stereocenters. The normalized spacial score (nSPS) is 17.4. The third-order valence-electron chi connectivity index (χ3n) is 3.33. The van der Waals surface area contributed by atoms with Crippen LogP contribution in [0, 0.1) is 12.7 Å². The van der Waals surface area contributed by atoms with Gasteiger partial charge in [0.2, 0.25) is 0 Å². The van der Waals surface area contributed by atoms with Gasteiger partial charge in [0, 0.05) is 12.0 Å². The molecule has 3 rings (SSSR count). The van der Waals surface area contributed by atoms with Crippen molar-refractivity contribution in [3.8, 4) is 16.9 Å². The zero-order valence-electron chi connectivity index (χ0n) is 10.5. The second kappa shape index (κ2) is 4.13. The van der Waals surface area contributed by atoms with Crippen LogP contribution in [-0.2, 0) is 6.42 Å². The minimum atomic E-state index is -0.257. The zero-order valence-corrected chi connectivity index (χ0v) is 10.5. The van der Waals surface area contributed by atoms with Gasteiger partial charge in [-0.2, -0.15) is 0 Å². The number of hydrogen-bond donors (Lipinski definition) is 0. The Kier molecular flexibility index (Phi) is 2.58. The van der Waals surface area contributed by atoms with E-state index in [4.69, 9.17) is 4.74 Å². The molecule has 0 fully saturated rings. The Balaban J connectivity index is 2.07. The highest BCUT2D eigenvalue weighted by atomic mass is 19.1. The van der Waals surface area contributed by atoms with Gasteiger partial charge in [0.25, 0.3) is 0 Å². The summed E-state index contributed by atoms with van der Waals surface area (Å²) in [5.41, 5.74) is 4.14. The van der Waals surface area contributed by atoms with Gasteiger partial charge in [-0.15, -0.1) is 0 Å². The minimum absolute atomic E-state index is 0.0720. The van der Waals surface area contributed by atoms with Gasteiger partial charge in [-0.1, -0.05) is 29.8 Å². The molecular formula is C16H15FO. The van der Waals surface area contributed by atoms with Gasteiger partial charge in [0.05, 0.1) is 0 Å². The lowest BCUT2D eigenvalue weighted by atomic mass is 10.00. The molecule has 0 spiro atoms. The molecule has 2 aromatic carbocycles.